The standard InChI is InChI=1S/C13H16N2O3/c1-8-4-11(9(2)18-8)12(16)5-10-6-13(17-3)15-7-14-10/h4,6-7,12,16H,5H2,1-3H3. The molecule has 0 aliphatic carbocycles. The molecular weight excluding hydrogens is 232 g/mol. The third-order valence-corrected chi connectivity index (χ3v) is 2.75. The number of aryl methyl sites for hydroxylation is 2. The van der Waals surface area contributed by atoms with Crippen molar-refractivity contribution in [1.82, 2.24) is 9.97 Å². The Morgan fingerprint density at radius 3 is 2.72 bits per heavy atom. The largest absolute Gasteiger partial charge is 0.481 e. The Kier molecular flexibility index (Phi) is 3.62. The first-order chi connectivity index (χ1) is 8.60. The molecule has 0 fully saturated rings. The molecule has 0 bridgehead atoms. The molecule has 0 radical (unpaired) electrons. The molecule has 0 saturated carbocycles. The van der Waals surface area contributed by atoms with Gasteiger partial charge in [0.2, 0.25) is 5.88 Å². The highest BCUT2D eigenvalue weighted by molar-refractivity contribution is 5.24. The molecule has 2 rings (SSSR count). The van der Waals surface area contributed by atoms with Crippen LogP contribution in [0.2, 0.25) is 0 Å². The molecule has 0 saturated heterocycles. The van der Waals surface area contributed by atoms with Gasteiger partial charge in [0.05, 0.1) is 18.9 Å². The normalized spacial score (nSPS) is 12.4. The SMILES string of the molecule is COc1cc(CC(O)c2cc(C)oc2C)ncn1. The topological polar surface area (TPSA) is 68.4 Å². The predicted octanol–water partition coefficient (Wildman–Crippen LogP) is 1.97. The van der Waals surface area contributed by atoms with Crippen molar-refractivity contribution in [3.63, 3.8) is 0 Å². The number of hydrogen-bond acceptors (Lipinski definition) is 5. The van der Waals surface area contributed by atoms with E-state index < -0.39 is 6.10 Å². The van der Waals surface area contributed by atoms with E-state index in [0.29, 0.717) is 12.3 Å². The van der Waals surface area contributed by atoms with Gasteiger partial charge in [-0.05, 0) is 19.9 Å². The molecule has 1 unspecified atom stereocenters. The fourth-order valence-corrected chi connectivity index (χ4v) is 1.89. The molecule has 2 aromatic heterocycles. The highest BCUT2D eigenvalue weighted by Crippen LogP contribution is 2.24. The number of rotatable bonds is 4. The second-order valence-electron chi connectivity index (χ2n) is 4.14. The second-order valence-corrected chi connectivity index (χ2v) is 4.14. The average molecular weight is 248 g/mol. The molecule has 1 N–H and O–H groups in total. The molecule has 18 heavy (non-hydrogen) atoms. The fourth-order valence-electron chi connectivity index (χ4n) is 1.89. The fraction of sp³-hybridized carbons (Fsp3) is 0.385. The maximum absolute atomic E-state index is 10.2. The summed E-state index contributed by atoms with van der Waals surface area (Å²) in [5.41, 5.74) is 1.53. The number of ether oxygens (including phenoxy) is 1. The highest BCUT2D eigenvalue weighted by atomic mass is 16.5. The van der Waals surface area contributed by atoms with Crippen LogP contribution < -0.4 is 4.74 Å². The molecule has 2 aromatic rings. The van der Waals surface area contributed by atoms with E-state index in [1.807, 2.05) is 19.9 Å². The lowest BCUT2D eigenvalue weighted by atomic mass is 10.1. The van der Waals surface area contributed by atoms with Gasteiger partial charge >= 0.3 is 0 Å². The van der Waals surface area contributed by atoms with Crippen LogP contribution in [-0.4, -0.2) is 22.2 Å². The Labute approximate surface area is 105 Å². The van der Waals surface area contributed by atoms with Crippen molar-refractivity contribution in [2.75, 3.05) is 7.11 Å². The van der Waals surface area contributed by atoms with Gasteiger partial charge in [-0.3, -0.25) is 0 Å². The first-order valence-electron chi connectivity index (χ1n) is 5.70. The molecule has 0 amide bonds. The van der Waals surface area contributed by atoms with Gasteiger partial charge in [0.1, 0.15) is 17.8 Å². The first-order valence-corrected chi connectivity index (χ1v) is 5.70. The Balaban J connectivity index is 2.15. The number of hydrogen-bond donors (Lipinski definition) is 1. The summed E-state index contributed by atoms with van der Waals surface area (Å²) in [5, 5.41) is 10.2. The number of methoxy groups -OCH3 is 1. The van der Waals surface area contributed by atoms with Gasteiger partial charge in [-0.1, -0.05) is 0 Å². The number of aliphatic hydroxyl groups excluding tert-OH is 1. The minimum absolute atomic E-state index is 0.401. The smallest absolute Gasteiger partial charge is 0.216 e. The van der Waals surface area contributed by atoms with Crippen LogP contribution in [-0.2, 0) is 6.42 Å². The summed E-state index contributed by atoms with van der Waals surface area (Å²) in [4.78, 5) is 8.03. The summed E-state index contributed by atoms with van der Waals surface area (Å²) in [6, 6.07) is 3.56. The second kappa shape index (κ2) is 5.18. The third-order valence-electron chi connectivity index (χ3n) is 2.75. The molecule has 5 nitrogen and oxygen atoms in total. The molecule has 2 heterocycles. The van der Waals surface area contributed by atoms with Gasteiger partial charge < -0.3 is 14.3 Å². The summed E-state index contributed by atoms with van der Waals surface area (Å²) in [6.07, 6.45) is 1.19. The zero-order valence-corrected chi connectivity index (χ0v) is 10.7. The maximum atomic E-state index is 10.2. The van der Waals surface area contributed by atoms with E-state index in [0.717, 1.165) is 22.8 Å². The van der Waals surface area contributed by atoms with Crippen LogP contribution in [0.1, 0.15) is 28.9 Å². The molecule has 5 heteroatoms. The number of furan rings is 1. The van der Waals surface area contributed by atoms with E-state index in [4.69, 9.17) is 9.15 Å². The molecule has 0 aromatic carbocycles. The zero-order chi connectivity index (χ0) is 13.1. The number of nitrogens with zero attached hydrogens (tertiary/aromatic N) is 2. The number of aromatic nitrogens is 2. The Bertz CT molecular complexity index is 537. The van der Waals surface area contributed by atoms with Crippen molar-refractivity contribution in [1.29, 1.82) is 0 Å². The van der Waals surface area contributed by atoms with Crippen molar-refractivity contribution in [2.24, 2.45) is 0 Å². The summed E-state index contributed by atoms with van der Waals surface area (Å²) in [5.74, 6) is 2.02. The lowest BCUT2D eigenvalue weighted by Crippen LogP contribution is -2.04. The molecular formula is C13H16N2O3. The van der Waals surface area contributed by atoms with Gasteiger partial charge in [-0.25, -0.2) is 9.97 Å². The van der Waals surface area contributed by atoms with Crippen LogP contribution in [0.5, 0.6) is 5.88 Å². The van der Waals surface area contributed by atoms with E-state index in [2.05, 4.69) is 9.97 Å². The summed E-state index contributed by atoms with van der Waals surface area (Å²) in [7, 11) is 1.55. The monoisotopic (exact) mass is 248 g/mol. The quantitative estimate of drug-likeness (QED) is 0.895. The molecule has 96 valence electrons. The van der Waals surface area contributed by atoms with Gasteiger partial charge in [0.25, 0.3) is 0 Å². The van der Waals surface area contributed by atoms with Gasteiger partial charge in [-0.2, -0.15) is 0 Å². The predicted molar refractivity (Wildman–Crippen MR) is 65.4 cm³/mol. The lowest BCUT2D eigenvalue weighted by molar-refractivity contribution is 0.175. The Hall–Kier alpha value is -1.88. The van der Waals surface area contributed by atoms with Crippen LogP contribution in [0.3, 0.4) is 0 Å². The van der Waals surface area contributed by atoms with Crippen molar-refractivity contribution in [2.45, 2.75) is 26.4 Å². The Morgan fingerprint density at radius 2 is 2.11 bits per heavy atom. The van der Waals surface area contributed by atoms with E-state index in [-0.39, 0.29) is 0 Å². The molecule has 0 aliphatic rings. The molecule has 0 spiro atoms. The van der Waals surface area contributed by atoms with Crippen molar-refractivity contribution in [3.05, 3.63) is 41.2 Å². The van der Waals surface area contributed by atoms with Crippen LogP contribution in [0, 0.1) is 13.8 Å². The first kappa shape index (κ1) is 12.6. The average Bonchev–Trinajstić information content (AvgIpc) is 2.69. The van der Waals surface area contributed by atoms with Crippen LogP contribution in [0.4, 0.5) is 0 Å². The van der Waals surface area contributed by atoms with Crippen molar-refractivity contribution in [3.8, 4) is 5.88 Å². The lowest BCUT2D eigenvalue weighted by Gasteiger charge is -2.09. The summed E-state index contributed by atoms with van der Waals surface area (Å²) >= 11 is 0. The van der Waals surface area contributed by atoms with Gasteiger partial charge in [-0.15, -0.1) is 0 Å². The van der Waals surface area contributed by atoms with Crippen molar-refractivity contribution >= 4 is 0 Å². The minimum atomic E-state index is -0.637. The highest BCUT2D eigenvalue weighted by Gasteiger charge is 2.16. The zero-order valence-electron chi connectivity index (χ0n) is 10.7. The maximum Gasteiger partial charge on any atom is 0.216 e. The van der Waals surface area contributed by atoms with E-state index in [1.54, 1.807) is 13.2 Å². The number of aliphatic hydroxyl groups is 1. The minimum Gasteiger partial charge on any atom is -0.481 e. The van der Waals surface area contributed by atoms with E-state index in [9.17, 15) is 5.11 Å². The summed E-state index contributed by atoms with van der Waals surface area (Å²) in [6.45, 7) is 3.70. The molecule has 1 atom stereocenters. The van der Waals surface area contributed by atoms with E-state index >= 15 is 0 Å². The van der Waals surface area contributed by atoms with Crippen molar-refractivity contribution < 1.29 is 14.3 Å². The van der Waals surface area contributed by atoms with Crippen LogP contribution in [0.15, 0.2) is 22.9 Å². The summed E-state index contributed by atoms with van der Waals surface area (Å²) < 4.78 is 10.4. The van der Waals surface area contributed by atoms with Gasteiger partial charge in [0, 0.05) is 18.1 Å². The van der Waals surface area contributed by atoms with Gasteiger partial charge in [0.15, 0.2) is 0 Å². The molecule has 0 aliphatic heterocycles. The van der Waals surface area contributed by atoms with E-state index in [1.165, 1.54) is 6.33 Å². The third kappa shape index (κ3) is 2.68. The van der Waals surface area contributed by atoms with Crippen LogP contribution >= 0.6 is 0 Å². The van der Waals surface area contributed by atoms with Crippen LogP contribution in [0.25, 0.3) is 0 Å². The Morgan fingerprint density at radius 1 is 1.33 bits per heavy atom.